The van der Waals surface area contributed by atoms with Gasteiger partial charge in [-0.25, -0.2) is 4.98 Å². The number of thiazole rings is 1. The first-order valence-corrected chi connectivity index (χ1v) is 9.45. The minimum absolute atomic E-state index is 0.0943. The molecule has 158 valence electrons. The molecule has 0 unspecified atom stereocenters. The molecule has 0 saturated carbocycles. The van der Waals surface area contributed by atoms with Gasteiger partial charge in [0.2, 0.25) is 0 Å². The quantitative estimate of drug-likeness (QED) is 0.552. The molecule has 0 radical (unpaired) electrons. The number of halogens is 2. The molecule has 1 N–H and O–H groups in total. The number of alkyl halides is 2. The zero-order chi connectivity index (χ0) is 21.7. The minimum Gasteiger partial charge on any atom is -0.493 e. The number of nitrogens with one attached hydrogen (secondary N) is 1. The Kier molecular flexibility index (Phi) is 6.68. The van der Waals surface area contributed by atoms with E-state index >= 15 is 0 Å². The number of methoxy groups -OCH3 is 3. The fraction of sp³-hybridized carbons (Fsp3) is 0.200. The summed E-state index contributed by atoms with van der Waals surface area (Å²) in [4.78, 5) is 16.9. The number of rotatable bonds is 8. The fourth-order valence-electron chi connectivity index (χ4n) is 2.63. The summed E-state index contributed by atoms with van der Waals surface area (Å²) in [6.07, 6.45) is 0. The summed E-state index contributed by atoms with van der Waals surface area (Å²) in [5.74, 6) is 0.483. The van der Waals surface area contributed by atoms with Crippen molar-refractivity contribution in [2.75, 3.05) is 26.6 Å². The third kappa shape index (κ3) is 4.77. The number of carbonyl (C=O) groups is 1. The summed E-state index contributed by atoms with van der Waals surface area (Å²) >= 11 is 1.22. The van der Waals surface area contributed by atoms with Crippen molar-refractivity contribution in [3.8, 4) is 34.3 Å². The van der Waals surface area contributed by atoms with Gasteiger partial charge in [0.25, 0.3) is 5.91 Å². The number of aromatic nitrogens is 1. The Bertz CT molecular complexity index is 1040. The molecule has 3 aromatic rings. The normalized spacial score (nSPS) is 10.6. The zero-order valence-electron chi connectivity index (χ0n) is 16.3. The molecule has 7 nitrogen and oxygen atoms in total. The van der Waals surface area contributed by atoms with E-state index in [0.717, 1.165) is 5.56 Å². The predicted molar refractivity (Wildman–Crippen MR) is 108 cm³/mol. The lowest BCUT2D eigenvalue weighted by atomic mass is 10.1. The average molecular weight is 436 g/mol. The lowest BCUT2D eigenvalue weighted by Gasteiger charge is -2.11. The lowest BCUT2D eigenvalue weighted by Crippen LogP contribution is -2.12. The molecule has 0 aliphatic heterocycles. The van der Waals surface area contributed by atoms with E-state index in [-0.39, 0.29) is 17.1 Å². The predicted octanol–water partition coefficient (Wildman–Crippen LogP) is 4.69. The lowest BCUT2D eigenvalue weighted by molar-refractivity contribution is -0.0512. The van der Waals surface area contributed by atoms with Crippen LogP contribution in [0.3, 0.4) is 0 Å². The van der Waals surface area contributed by atoms with Crippen LogP contribution in [0.25, 0.3) is 11.3 Å². The molecular weight excluding hydrogens is 418 g/mol. The molecule has 3 rings (SSSR count). The molecule has 0 spiro atoms. The number of hydrogen-bond donors (Lipinski definition) is 1. The zero-order valence-corrected chi connectivity index (χ0v) is 17.1. The van der Waals surface area contributed by atoms with Crippen LogP contribution in [0.15, 0.2) is 41.8 Å². The minimum atomic E-state index is -3.04. The van der Waals surface area contributed by atoms with E-state index in [2.05, 4.69) is 15.0 Å². The Labute approximate surface area is 175 Å². The van der Waals surface area contributed by atoms with Crippen LogP contribution in [0.4, 0.5) is 13.9 Å². The van der Waals surface area contributed by atoms with Crippen LogP contribution in [0.5, 0.6) is 23.0 Å². The number of amides is 1. The first kappa shape index (κ1) is 21.3. The van der Waals surface area contributed by atoms with Crippen molar-refractivity contribution in [1.29, 1.82) is 0 Å². The van der Waals surface area contributed by atoms with Gasteiger partial charge in [0.15, 0.2) is 28.1 Å². The Morgan fingerprint density at radius 3 is 2.30 bits per heavy atom. The molecule has 30 heavy (non-hydrogen) atoms. The van der Waals surface area contributed by atoms with E-state index in [1.807, 2.05) is 6.07 Å². The number of anilines is 1. The van der Waals surface area contributed by atoms with Gasteiger partial charge in [0.05, 0.1) is 27.0 Å². The van der Waals surface area contributed by atoms with E-state index < -0.39 is 12.5 Å². The average Bonchev–Trinajstić information content (AvgIpc) is 3.21. The molecule has 1 heterocycles. The standard InChI is InChI=1S/C20H18F2N2O5S/c1-26-14-6-4-11(8-16(14)28-3)13-10-30-20(23-13)24-18(25)12-5-7-15(27-2)17(9-12)29-19(21)22/h4-10,19H,1-3H3,(H,23,24,25). The molecule has 1 amide bonds. The molecule has 0 aliphatic rings. The van der Waals surface area contributed by atoms with E-state index in [9.17, 15) is 13.6 Å². The Morgan fingerprint density at radius 1 is 0.967 bits per heavy atom. The first-order chi connectivity index (χ1) is 14.4. The third-order valence-electron chi connectivity index (χ3n) is 4.05. The van der Waals surface area contributed by atoms with Crippen molar-refractivity contribution in [1.82, 2.24) is 4.98 Å². The van der Waals surface area contributed by atoms with Crippen LogP contribution in [0.2, 0.25) is 0 Å². The summed E-state index contributed by atoms with van der Waals surface area (Å²) in [5.41, 5.74) is 1.53. The molecule has 0 fully saturated rings. The number of ether oxygens (including phenoxy) is 4. The largest absolute Gasteiger partial charge is 0.493 e. The van der Waals surface area contributed by atoms with Gasteiger partial charge in [-0.05, 0) is 36.4 Å². The van der Waals surface area contributed by atoms with Crippen molar-refractivity contribution in [2.45, 2.75) is 6.61 Å². The van der Waals surface area contributed by atoms with Gasteiger partial charge in [0.1, 0.15) is 0 Å². The highest BCUT2D eigenvalue weighted by Gasteiger charge is 2.16. The summed E-state index contributed by atoms with van der Waals surface area (Å²) in [7, 11) is 4.40. The third-order valence-corrected chi connectivity index (χ3v) is 4.80. The molecule has 2 aromatic carbocycles. The van der Waals surface area contributed by atoms with Gasteiger partial charge in [-0.3, -0.25) is 10.1 Å². The fourth-order valence-corrected chi connectivity index (χ4v) is 3.35. The van der Waals surface area contributed by atoms with E-state index in [0.29, 0.717) is 22.3 Å². The maximum Gasteiger partial charge on any atom is 0.387 e. The summed E-state index contributed by atoms with van der Waals surface area (Å²) in [6, 6.07) is 9.35. The highest BCUT2D eigenvalue weighted by molar-refractivity contribution is 7.14. The van der Waals surface area contributed by atoms with Crippen LogP contribution < -0.4 is 24.3 Å². The number of carbonyl (C=O) groups excluding carboxylic acids is 1. The summed E-state index contributed by atoms with van der Waals surface area (Å²) in [5, 5.41) is 4.76. The highest BCUT2D eigenvalue weighted by Crippen LogP contribution is 2.34. The summed E-state index contributed by atoms with van der Waals surface area (Å²) in [6.45, 7) is -3.04. The smallest absolute Gasteiger partial charge is 0.387 e. The monoisotopic (exact) mass is 436 g/mol. The molecule has 1 aromatic heterocycles. The molecule has 0 saturated heterocycles. The van der Waals surface area contributed by atoms with Gasteiger partial charge in [-0.15, -0.1) is 11.3 Å². The highest BCUT2D eigenvalue weighted by atomic mass is 32.1. The molecule has 0 aliphatic carbocycles. The van der Waals surface area contributed by atoms with Crippen LogP contribution >= 0.6 is 11.3 Å². The molecule has 0 bridgehead atoms. The van der Waals surface area contributed by atoms with Crippen LogP contribution in [-0.2, 0) is 0 Å². The Balaban J connectivity index is 1.78. The van der Waals surface area contributed by atoms with E-state index in [1.54, 1.807) is 24.6 Å². The maximum absolute atomic E-state index is 12.6. The summed E-state index contributed by atoms with van der Waals surface area (Å²) < 4.78 is 45.0. The topological polar surface area (TPSA) is 78.9 Å². The van der Waals surface area contributed by atoms with Crippen molar-refractivity contribution >= 4 is 22.4 Å². The second-order valence-corrected chi connectivity index (χ2v) is 6.66. The Hall–Kier alpha value is -3.40. The van der Waals surface area contributed by atoms with Gasteiger partial charge >= 0.3 is 6.61 Å². The van der Waals surface area contributed by atoms with Crippen molar-refractivity contribution < 1.29 is 32.5 Å². The van der Waals surface area contributed by atoms with E-state index in [4.69, 9.17) is 14.2 Å². The SMILES string of the molecule is COc1ccc(-c2csc(NC(=O)c3ccc(OC)c(OC(F)F)c3)n2)cc1OC. The number of benzene rings is 2. The van der Waals surface area contributed by atoms with Gasteiger partial charge in [-0.1, -0.05) is 0 Å². The Morgan fingerprint density at radius 2 is 1.63 bits per heavy atom. The van der Waals surface area contributed by atoms with E-state index in [1.165, 1.54) is 43.8 Å². The first-order valence-electron chi connectivity index (χ1n) is 8.57. The maximum atomic E-state index is 12.6. The van der Waals surface area contributed by atoms with Crippen LogP contribution in [-0.4, -0.2) is 38.8 Å². The van der Waals surface area contributed by atoms with Crippen LogP contribution in [0, 0.1) is 0 Å². The van der Waals surface area contributed by atoms with Gasteiger partial charge in [0, 0.05) is 16.5 Å². The van der Waals surface area contributed by atoms with Crippen molar-refractivity contribution in [3.63, 3.8) is 0 Å². The van der Waals surface area contributed by atoms with Gasteiger partial charge in [-0.2, -0.15) is 8.78 Å². The molecule has 10 heteroatoms. The molecular formula is C20H18F2N2O5S. The number of nitrogens with zero attached hydrogens (tertiary/aromatic N) is 1. The van der Waals surface area contributed by atoms with Crippen LogP contribution in [0.1, 0.15) is 10.4 Å². The van der Waals surface area contributed by atoms with Crippen molar-refractivity contribution in [2.24, 2.45) is 0 Å². The number of hydrogen-bond acceptors (Lipinski definition) is 7. The van der Waals surface area contributed by atoms with Gasteiger partial charge < -0.3 is 18.9 Å². The second kappa shape index (κ2) is 9.40. The second-order valence-electron chi connectivity index (χ2n) is 5.81. The molecule has 0 atom stereocenters. The van der Waals surface area contributed by atoms with Crippen molar-refractivity contribution in [3.05, 3.63) is 47.3 Å².